The largest absolute Gasteiger partial charge is 0.380 e. The molecule has 25 heavy (non-hydrogen) atoms. The summed E-state index contributed by atoms with van der Waals surface area (Å²) in [6.07, 6.45) is 4.98. The van der Waals surface area contributed by atoms with E-state index in [-0.39, 0.29) is 0 Å². The third kappa shape index (κ3) is 4.28. The van der Waals surface area contributed by atoms with E-state index >= 15 is 0 Å². The number of anilines is 1. The number of para-hydroxylation sites is 1. The number of nitrogens with one attached hydrogen (secondary N) is 1. The minimum absolute atomic E-state index is 0.320. The molecule has 5 nitrogen and oxygen atoms in total. The van der Waals surface area contributed by atoms with E-state index < -0.39 is 9.84 Å². The Morgan fingerprint density at radius 1 is 1.08 bits per heavy atom. The van der Waals surface area contributed by atoms with Crippen molar-refractivity contribution in [3.63, 3.8) is 0 Å². The standard InChI is InChI=1S/C19H21N3O2S/c1-15-20-10-11-22(15)14-17-7-5-6-16(12-17)13-21-18-8-3-4-9-19(18)25(2,23)24/h3-12,21H,13-14H2,1-2H3. The van der Waals surface area contributed by atoms with Crippen LogP contribution in [-0.2, 0) is 22.9 Å². The van der Waals surface area contributed by atoms with Gasteiger partial charge in [-0.15, -0.1) is 0 Å². The average molecular weight is 355 g/mol. The second kappa shape index (κ2) is 7.11. The number of aryl methyl sites for hydroxylation is 1. The summed E-state index contributed by atoms with van der Waals surface area (Å²) in [5, 5.41) is 3.24. The molecular formula is C19H21N3O2S. The number of nitrogens with zero attached hydrogens (tertiary/aromatic N) is 2. The van der Waals surface area contributed by atoms with Crippen molar-refractivity contribution in [2.24, 2.45) is 0 Å². The summed E-state index contributed by atoms with van der Waals surface area (Å²) >= 11 is 0. The number of hydrogen-bond acceptors (Lipinski definition) is 4. The van der Waals surface area contributed by atoms with Crippen molar-refractivity contribution in [1.82, 2.24) is 9.55 Å². The van der Waals surface area contributed by atoms with Crippen molar-refractivity contribution < 1.29 is 8.42 Å². The first kappa shape index (κ1) is 17.2. The Morgan fingerprint density at radius 3 is 2.56 bits per heavy atom. The van der Waals surface area contributed by atoms with E-state index in [2.05, 4.69) is 27.0 Å². The molecule has 0 aliphatic heterocycles. The monoisotopic (exact) mass is 355 g/mol. The normalized spacial score (nSPS) is 11.4. The highest BCUT2D eigenvalue weighted by Gasteiger charge is 2.12. The molecule has 3 rings (SSSR count). The zero-order valence-electron chi connectivity index (χ0n) is 14.3. The second-order valence-corrected chi connectivity index (χ2v) is 8.03. The van der Waals surface area contributed by atoms with Crippen LogP contribution in [0.2, 0.25) is 0 Å². The number of aromatic nitrogens is 2. The molecule has 0 aliphatic rings. The SMILES string of the molecule is Cc1nccn1Cc1cccc(CNc2ccccc2S(C)(=O)=O)c1. The lowest BCUT2D eigenvalue weighted by Gasteiger charge is -2.12. The van der Waals surface area contributed by atoms with E-state index in [1.165, 1.54) is 11.8 Å². The number of hydrogen-bond donors (Lipinski definition) is 1. The summed E-state index contributed by atoms with van der Waals surface area (Å²) in [5.74, 6) is 0.977. The molecule has 0 fully saturated rings. The Morgan fingerprint density at radius 2 is 1.84 bits per heavy atom. The maximum absolute atomic E-state index is 11.9. The highest BCUT2D eigenvalue weighted by atomic mass is 32.2. The van der Waals surface area contributed by atoms with Gasteiger partial charge in [-0.1, -0.05) is 36.4 Å². The molecule has 130 valence electrons. The fourth-order valence-corrected chi connectivity index (χ4v) is 3.60. The van der Waals surface area contributed by atoms with Crippen LogP contribution in [0.4, 0.5) is 5.69 Å². The smallest absolute Gasteiger partial charge is 0.177 e. The zero-order valence-corrected chi connectivity index (χ0v) is 15.1. The first-order chi connectivity index (χ1) is 11.9. The van der Waals surface area contributed by atoms with Gasteiger partial charge in [-0.05, 0) is 30.2 Å². The molecule has 1 N–H and O–H groups in total. The molecule has 0 saturated carbocycles. The summed E-state index contributed by atoms with van der Waals surface area (Å²) in [7, 11) is -3.26. The summed E-state index contributed by atoms with van der Waals surface area (Å²) in [6.45, 7) is 3.30. The van der Waals surface area contributed by atoms with Gasteiger partial charge in [0.15, 0.2) is 9.84 Å². The number of sulfone groups is 1. The molecule has 2 aromatic carbocycles. The fraction of sp³-hybridized carbons (Fsp3) is 0.211. The summed E-state index contributed by atoms with van der Waals surface area (Å²) in [4.78, 5) is 4.56. The molecule has 0 amide bonds. The fourth-order valence-electron chi connectivity index (χ4n) is 2.74. The predicted octanol–water partition coefficient (Wildman–Crippen LogP) is 3.26. The Labute approximate surface area is 148 Å². The van der Waals surface area contributed by atoms with Crippen molar-refractivity contribution in [3.05, 3.63) is 77.9 Å². The van der Waals surface area contributed by atoms with Crippen molar-refractivity contribution in [2.45, 2.75) is 24.9 Å². The Bertz CT molecular complexity index is 978. The number of benzene rings is 2. The van der Waals surface area contributed by atoms with Crippen molar-refractivity contribution >= 4 is 15.5 Å². The molecule has 0 atom stereocenters. The van der Waals surface area contributed by atoms with Crippen molar-refractivity contribution in [2.75, 3.05) is 11.6 Å². The minimum atomic E-state index is -3.26. The van der Waals surface area contributed by atoms with Crippen LogP contribution in [0.3, 0.4) is 0 Å². The quantitative estimate of drug-likeness (QED) is 0.737. The van der Waals surface area contributed by atoms with Gasteiger partial charge in [0.1, 0.15) is 5.82 Å². The van der Waals surface area contributed by atoms with Crippen molar-refractivity contribution in [1.29, 1.82) is 0 Å². The lowest BCUT2D eigenvalue weighted by molar-refractivity contribution is 0.602. The van der Waals surface area contributed by atoms with Gasteiger partial charge in [-0.3, -0.25) is 0 Å². The summed E-state index contributed by atoms with van der Waals surface area (Å²) < 4.78 is 25.8. The Balaban J connectivity index is 1.75. The lowest BCUT2D eigenvalue weighted by Crippen LogP contribution is -2.07. The molecule has 0 aliphatic carbocycles. The van der Waals surface area contributed by atoms with Crippen molar-refractivity contribution in [3.8, 4) is 0 Å². The molecule has 0 unspecified atom stereocenters. The number of rotatable bonds is 6. The molecular weight excluding hydrogens is 334 g/mol. The van der Waals surface area contributed by atoms with E-state index in [0.717, 1.165) is 17.9 Å². The van der Waals surface area contributed by atoms with Crippen LogP contribution in [0.1, 0.15) is 17.0 Å². The summed E-state index contributed by atoms with van der Waals surface area (Å²) in [5.41, 5.74) is 2.90. The molecule has 6 heteroatoms. The van der Waals surface area contributed by atoms with Crippen LogP contribution in [0.15, 0.2) is 65.8 Å². The van der Waals surface area contributed by atoms with Gasteiger partial charge in [0.05, 0.1) is 10.6 Å². The van der Waals surface area contributed by atoms with Gasteiger partial charge in [0.25, 0.3) is 0 Å². The molecule has 0 saturated heterocycles. The van der Waals surface area contributed by atoms with Gasteiger partial charge in [0, 0.05) is 31.7 Å². The minimum Gasteiger partial charge on any atom is -0.380 e. The van der Waals surface area contributed by atoms with Gasteiger partial charge in [0.2, 0.25) is 0 Å². The van der Waals surface area contributed by atoms with E-state index in [0.29, 0.717) is 17.1 Å². The maximum Gasteiger partial charge on any atom is 0.177 e. The Hall–Kier alpha value is -2.60. The van der Waals surface area contributed by atoms with Gasteiger partial charge in [-0.25, -0.2) is 13.4 Å². The highest BCUT2D eigenvalue weighted by Crippen LogP contribution is 2.21. The third-order valence-corrected chi connectivity index (χ3v) is 5.19. The first-order valence-corrected chi connectivity index (χ1v) is 9.91. The first-order valence-electron chi connectivity index (χ1n) is 8.02. The molecule has 0 spiro atoms. The average Bonchev–Trinajstić information content (AvgIpc) is 2.98. The van der Waals surface area contributed by atoms with Crippen LogP contribution >= 0.6 is 0 Å². The predicted molar refractivity (Wildman–Crippen MR) is 99.4 cm³/mol. The van der Waals surface area contributed by atoms with Gasteiger partial charge in [-0.2, -0.15) is 0 Å². The molecule has 0 radical (unpaired) electrons. The zero-order chi connectivity index (χ0) is 17.9. The van der Waals surface area contributed by atoms with Gasteiger partial charge < -0.3 is 9.88 Å². The maximum atomic E-state index is 11.9. The second-order valence-electron chi connectivity index (χ2n) is 6.04. The molecule has 1 heterocycles. The Kier molecular flexibility index (Phi) is 4.90. The highest BCUT2D eigenvalue weighted by molar-refractivity contribution is 7.90. The molecule has 3 aromatic rings. The lowest BCUT2D eigenvalue weighted by atomic mass is 10.1. The molecule has 0 bridgehead atoms. The van der Waals surface area contributed by atoms with Crippen LogP contribution < -0.4 is 5.32 Å². The van der Waals surface area contributed by atoms with E-state index in [1.54, 1.807) is 24.4 Å². The van der Waals surface area contributed by atoms with E-state index in [4.69, 9.17) is 0 Å². The van der Waals surface area contributed by atoms with E-state index in [9.17, 15) is 8.42 Å². The van der Waals surface area contributed by atoms with Crippen LogP contribution in [0, 0.1) is 6.92 Å². The summed E-state index contributed by atoms with van der Waals surface area (Å²) in [6, 6.07) is 15.2. The molecule has 1 aromatic heterocycles. The van der Waals surface area contributed by atoms with Crippen LogP contribution in [0.25, 0.3) is 0 Å². The number of imidazole rings is 1. The topological polar surface area (TPSA) is 64.0 Å². The van der Waals surface area contributed by atoms with Crippen LogP contribution in [-0.4, -0.2) is 24.2 Å². The third-order valence-electron chi connectivity index (χ3n) is 4.04. The van der Waals surface area contributed by atoms with Gasteiger partial charge >= 0.3 is 0 Å². The van der Waals surface area contributed by atoms with E-state index in [1.807, 2.05) is 31.3 Å². The van der Waals surface area contributed by atoms with Crippen LogP contribution in [0.5, 0.6) is 0 Å².